The predicted molar refractivity (Wildman–Crippen MR) is 135 cm³/mol. The monoisotopic (exact) mass is 392 g/mol. The molecule has 28 heavy (non-hydrogen) atoms. The summed E-state index contributed by atoms with van der Waals surface area (Å²) < 4.78 is 14.7. The highest BCUT2D eigenvalue weighted by Crippen LogP contribution is 2.59. The van der Waals surface area contributed by atoms with Crippen molar-refractivity contribution in [2.75, 3.05) is 0 Å². The first-order valence-electron chi connectivity index (χ1n) is 11.5. The van der Waals surface area contributed by atoms with Gasteiger partial charge in [0.2, 0.25) is 0 Å². The highest BCUT2D eigenvalue weighted by atomic mass is 19.1. The second-order valence-electron chi connectivity index (χ2n) is 14.3. The van der Waals surface area contributed by atoms with Crippen LogP contribution >= 0.6 is 0 Å². The molecule has 0 saturated heterocycles. The lowest BCUT2D eigenvalue weighted by Crippen LogP contribution is -2.48. The van der Waals surface area contributed by atoms with Crippen LogP contribution in [0, 0.1) is 33.0 Å². The van der Waals surface area contributed by atoms with E-state index in [1.165, 1.54) is 6.42 Å². The van der Waals surface area contributed by atoms with Crippen molar-refractivity contribution < 1.29 is 4.39 Å². The molecule has 0 radical (unpaired) electrons. The number of halogens is 1. The second-order valence-corrected chi connectivity index (χ2v) is 14.3. The third-order valence-electron chi connectivity index (χ3n) is 10.3. The van der Waals surface area contributed by atoms with Gasteiger partial charge in [-0.3, -0.25) is 4.39 Å². The van der Waals surface area contributed by atoms with Gasteiger partial charge in [-0.05, 0) is 53.3 Å². The maximum Gasteiger partial charge on any atom is 0.150 e. The van der Waals surface area contributed by atoms with Crippen LogP contribution in [-0.2, 0) is 0 Å². The summed E-state index contributed by atoms with van der Waals surface area (Å²) in [5, 5.41) is 0.269. The lowest BCUT2D eigenvalue weighted by atomic mass is 9.37. The summed E-state index contributed by atoms with van der Waals surface area (Å²) in [5.41, 5.74) is -0.740. The quantitative estimate of drug-likeness (QED) is 0.446. The molecule has 0 aromatic heterocycles. The van der Waals surface area contributed by atoms with Gasteiger partial charge in [-0.1, -0.05) is 94.2 Å². The molecule has 0 aromatic carbocycles. The van der Waals surface area contributed by atoms with Crippen LogP contribution in [0.3, 0.4) is 0 Å². The molecule has 0 aliphatic carbocycles. The maximum atomic E-state index is 14.7. The normalized spacial score (nSPS) is 18.6. The van der Waals surface area contributed by atoms with Crippen molar-refractivity contribution >= 4 is 23.5 Å². The molecule has 2 atom stereocenters. The fourth-order valence-electron chi connectivity index (χ4n) is 4.17. The molecule has 0 aliphatic rings. The van der Waals surface area contributed by atoms with Crippen molar-refractivity contribution in [3.8, 4) is 0 Å². The Labute approximate surface area is 181 Å². The van der Waals surface area contributed by atoms with Gasteiger partial charge in [-0.15, -0.1) is 0 Å². The first-order chi connectivity index (χ1) is 11.8. The van der Waals surface area contributed by atoms with Crippen LogP contribution in [-0.4, -0.2) is 29.1 Å². The summed E-state index contributed by atoms with van der Waals surface area (Å²) in [7, 11) is 6.58. The van der Waals surface area contributed by atoms with Gasteiger partial charge >= 0.3 is 0 Å². The molecule has 0 amide bonds. The molecular weight excluding hydrogens is 340 g/mol. The minimum atomic E-state index is -1.16. The molecule has 0 bridgehead atoms. The summed E-state index contributed by atoms with van der Waals surface area (Å²) in [4.78, 5) is 0. The van der Waals surface area contributed by atoms with Crippen LogP contribution in [0.5, 0.6) is 0 Å². The van der Waals surface area contributed by atoms with Crippen molar-refractivity contribution in [3.63, 3.8) is 0 Å². The largest absolute Gasteiger partial charge is 0.254 e. The second kappa shape index (κ2) is 7.99. The third kappa shape index (κ3) is 5.63. The number of hydrogen-bond donors (Lipinski definition) is 0. The van der Waals surface area contributed by atoms with E-state index in [-0.39, 0.29) is 32.3 Å². The predicted octanol–water partition coefficient (Wildman–Crippen LogP) is 5.64. The van der Waals surface area contributed by atoms with Crippen LogP contribution in [0.25, 0.3) is 0 Å². The van der Waals surface area contributed by atoms with E-state index < -0.39 is 5.57 Å². The van der Waals surface area contributed by atoms with Crippen molar-refractivity contribution in [2.24, 2.45) is 33.0 Å². The van der Waals surface area contributed by atoms with Gasteiger partial charge in [0.15, 0.2) is 7.85 Å². The molecule has 0 fully saturated rings. The van der Waals surface area contributed by atoms with Crippen molar-refractivity contribution in [1.29, 1.82) is 0 Å². The van der Waals surface area contributed by atoms with E-state index in [2.05, 4.69) is 98.8 Å². The maximum absolute atomic E-state index is 14.7. The first-order valence-corrected chi connectivity index (χ1v) is 11.5. The lowest BCUT2D eigenvalue weighted by molar-refractivity contribution is -0.0512. The average Bonchev–Trinajstić information content (AvgIpc) is 2.41. The molecule has 0 spiro atoms. The van der Waals surface area contributed by atoms with Crippen LogP contribution in [0.1, 0.15) is 109 Å². The van der Waals surface area contributed by atoms with Crippen LogP contribution < -0.4 is 0 Å². The molecular formula is C24H52B3F. The summed E-state index contributed by atoms with van der Waals surface area (Å²) in [6.45, 7) is 30.0. The Kier molecular flexibility index (Phi) is 8.03. The number of rotatable bonds is 9. The van der Waals surface area contributed by atoms with Crippen LogP contribution in [0.4, 0.5) is 4.39 Å². The smallest absolute Gasteiger partial charge is 0.150 e. The van der Waals surface area contributed by atoms with Gasteiger partial charge in [-0.25, -0.2) is 0 Å². The molecule has 2 unspecified atom stereocenters. The molecule has 4 heteroatoms. The summed E-state index contributed by atoms with van der Waals surface area (Å²) in [5.74, 6) is 0.624. The standard InChI is InChI=1S/C24H52B3F/c1-17(24(26,27)18(2,3)4)16-21(9,10)22(11,12)19(5,6)14-15-20(7,8)23(13,25)28/h17H,14-16,25-27H2,1-13H3. The average molecular weight is 392 g/mol. The van der Waals surface area contributed by atoms with Gasteiger partial charge in [0.25, 0.3) is 0 Å². The fourth-order valence-corrected chi connectivity index (χ4v) is 4.17. The zero-order chi connectivity index (χ0) is 23.2. The van der Waals surface area contributed by atoms with Gasteiger partial charge < -0.3 is 0 Å². The zero-order valence-corrected chi connectivity index (χ0v) is 22.6. The van der Waals surface area contributed by atoms with E-state index in [1.54, 1.807) is 14.8 Å². The Balaban J connectivity index is 5.58. The molecule has 0 heterocycles. The minimum Gasteiger partial charge on any atom is -0.254 e. The topological polar surface area (TPSA) is 0 Å². The Morgan fingerprint density at radius 2 is 1.00 bits per heavy atom. The van der Waals surface area contributed by atoms with Crippen molar-refractivity contribution in [3.05, 3.63) is 0 Å². The lowest BCUT2D eigenvalue weighted by Gasteiger charge is -2.56. The molecule has 0 aromatic rings. The van der Waals surface area contributed by atoms with E-state index >= 15 is 0 Å². The van der Waals surface area contributed by atoms with Gasteiger partial charge in [0, 0.05) is 0 Å². The zero-order valence-electron chi connectivity index (χ0n) is 22.6. The van der Waals surface area contributed by atoms with Crippen molar-refractivity contribution in [2.45, 2.75) is 120 Å². The van der Waals surface area contributed by atoms with E-state index in [4.69, 9.17) is 0 Å². The SMILES string of the molecule is BC(C)(F)C(C)(C)CCC(C)(C)C(C)(C)C(C)(C)CC(C)C(B)(B)C(C)(C)C. The first kappa shape index (κ1) is 28.1. The third-order valence-corrected chi connectivity index (χ3v) is 10.3. The summed E-state index contributed by atoms with van der Waals surface area (Å²) in [6.07, 6.45) is 3.15. The molecule has 0 rings (SSSR count). The van der Waals surface area contributed by atoms with E-state index in [0.29, 0.717) is 5.92 Å². The van der Waals surface area contributed by atoms with E-state index in [0.717, 1.165) is 12.8 Å². The van der Waals surface area contributed by atoms with E-state index in [1.807, 2.05) is 0 Å². The Morgan fingerprint density at radius 3 is 1.32 bits per heavy atom. The Bertz CT molecular complexity index is 517. The van der Waals surface area contributed by atoms with E-state index in [9.17, 15) is 4.39 Å². The highest BCUT2D eigenvalue weighted by Gasteiger charge is 2.50. The van der Waals surface area contributed by atoms with Crippen molar-refractivity contribution in [1.82, 2.24) is 0 Å². The number of alkyl halides is 1. The van der Waals surface area contributed by atoms with Gasteiger partial charge in [0.1, 0.15) is 15.7 Å². The Hall–Kier alpha value is 0.125. The highest BCUT2D eigenvalue weighted by molar-refractivity contribution is 6.40. The van der Waals surface area contributed by atoms with Crippen LogP contribution in [0.2, 0.25) is 5.21 Å². The molecule has 0 nitrogen and oxygen atoms in total. The minimum absolute atomic E-state index is 0.130. The van der Waals surface area contributed by atoms with Crippen LogP contribution in [0.15, 0.2) is 0 Å². The Morgan fingerprint density at radius 1 is 0.643 bits per heavy atom. The van der Waals surface area contributed by atoms with Gasteiger partial charge in [-0.2, -0.15) is 0 Å². The van der Waals surface area contributed by atoms with Gasteiger partial charge in [0.05, 0.1) is 5.57 Å². The molecule has 0 aliphatic heterocycles. The number of hydrogen-bond acceptors (Lipinski definition) is 0. The molecule has 164 valence electrons. The summed E-state index contributed by atoms with van der Waals surface area (Å²) in [6, 6.07) is 0. The fraction of sp³-hybridized carbons (Fsp3) is 1.00. The molecule has 0 N–H and O–H groups in total. The molecule has 0 saturated carbocycles. The summed E-state index contributed by atoms with van der Waals surface area (Å²) >= 11 is 0.